The molecule has 0 aromatic heterocycles. The number of anilines is 1. The molecule has 0 radical (unpaired) electrons. The third-order valence-corrected chi connectivity index (χ3v) is 8.42. The number of carbonyl (C=O) groups is 1. The number of hydrogen-bond acceptors (Lipinski definition) is 4. The summed E-state index contributed by atoms with van der Waals surface area (Å²) < 4.78 is 5.34. The molecule has 3 aromatic carbocycles. The highest BCUT2D eigenvalue weighted by atomic mass is 16.5. The number of para-hydroxylation sites is 1. The van der Waals surface area contributed by atoms with Gasteiger partial charge in [-0.25, -0.2) is 0 Å². The van der Waals surface area contributed by atoms with Crippen LogP contribution in [0.15, 0.2) is 60.7 Å². The van der Waals surface area contributed by atoms with Crippen LogP contribution in [0.2, 0.25) is 0 Å². The van der Waals surface area contributed by atoms with Crippen molar-refractivity contribution in [1.29, 1.82) is 0 Å². The van der Waals surface area contributed by atoms with Crippen LogP contribution in [-0.4, -0.2) is 48.8 Å². The van der Waals surface area contributed by atoms with E-state index in [0.717, 1.165) is 42.7 Å². The summed E-state index contributed by atoms with van der Waals surface area (Å²) in [5.74, 6) is 0.197. The average molecular weight is 457 g/mol. The van der Waals surface area contributed by atoms with Crippen LogP contribution < -0.4 is 4.90 Å². The average Bonchev–Trinajstić information content (AvgIpc) is 3.28. The topological polar surface area (TPSA) is 53.0 Å². The molecule has 3 aromatic rings. The van der Waals surface area contributed by atoms with E-state index in [4.69, 9.17) is 4.74 Å². The zero-order valence-electron chi connectivity index (χ0n) is 19.9. The van der Waals surface area contributed by atoms with Crippen molar-refractivity contribution in [2.75, 3.05) is 31.7 Å². The predicted octanol–water partition coefficient (Wildman–Crippen LogP) is 4.73. The van der Waals surface area contributed by atoms with Crippen LogP contribution in [0.25, 0.3) is 10.8 Å². The lowest BCUT2D eigenvalue weighted by Gasteiger charge is -2.41. The molecule has 3 aliphatic rings. The van der Waals surface area contributed by atoms with Crippen molar-refractivity contribution in [3.8, 4) is 0 Å². The number of piperidine rings is 1. The maximum absolute atomic E-state index is 13.8. The number of rotatable bonds is 5. The normalized spacial score (nSPS) is 27.0. The van der Waals surface area contributed by atoms with E-state index in [1.54, 1.807) is 7.11 Å². The van der Waals surface area contributed by atoms with Gasteiger partial charge in [0, 0.05) is 38.5 Å². The summed E-state index contributed by atoms with van der Waals surface area (Å²) >= 11 is 0. The minimum atomic E-state index is -0.539. The fourth-order valence-electron chi connectivity index (χ4n) is 6.60. The minimum absolute atomic E-state index is 0.0180. The predicted molar refractivity (Wildman–Crippen MR) is 134 cm³/mol. The largest absolute Gasteiger partial charge is 0.386 e. The number of aliphatic hydroxyl groups is 1. The summed E-state index contributed by atoms with van der Waals surface area (Å²) in [4.78, 5) is 18.3. The van der Waals surface area contributed by atoms with E-state index in [9.17, 15) is 9.90 Å². The molecule has 176 valence electrons. The van der Waals surface area contributed by atoms with Crippen molar-refractivity contribution in [2.45, 2.75) is 49.8 Å². The van der Waals surface area contributed by atoms with Gasteiger partial charge in [0.15, 0.2) is 0 Å². The van der Waals surface area contributed by atoms with E-state index in [1.807, 2.05) is 18.2 Å². The zero-order valence-corrected chi connectivity index (χ0v) is 19.9. The number of benzene rings is 3. The second-order valence-corrected chi connectivity index (χ2v) is 10.2. The van der Waals surface area contributed by atoms with Crippen LogP contribution in [0.1, 0.15) is 55.0 Å². The Bertz CT molecular complexity index is 1240. The highest BCUT2D eigenvalue weighted by molar-refractivity contribution is 6.08. The van der Waals surface area contributed by atoms with Crippen molar-refractivity contribution in [1.82, 2.24) is 4.90 Å². The monoisotopic (exact) mass is 456 g/mol. The first kappa shape index (κ1) is 21.8. The Morgan fingerprint density at radius 3 is 2.44 bits per heavy atom. The molecule has 2 heterocycles. The van der Waals surface area contributed by atoms with E-state index < -0.39 is 11.5 Å². The number of carbonyl (C=O) groups excluding carboxylic acids is 1. The molecule has 1 saturated heterocycles. The number of hydrogen-bond donors (Lipinski definition) is 1. The van der Waals surface area contributed by atoms with Crippen LogP contribution in [-0.2, 0) is 14.9 Å². The summed E-state index contributed by atoms with van der Waals surface area (Å²) in [6.45, 7) is 4.35. The third-order valence-electron chi connectivity index (χ3n) is 8.42. The highest BCUT2D eigenvalue weighted by Gasteiger charge is 2.49. The maximum atomic E-state index is 13.8. The minimum Gasteiger partial charge on any atom is -0.386 e. The van der Waals surface area contributed by atoms with E-state index in [-0.39, 0.29) is 18.0 Å². The molecule has 6 rings (SSSR count). The van der Waals surface area contributed by atoms with E-state index in [0.29, 0.717) is 13.0 Å². The highest BCUT2D eigenvalue weighted by Crippen LogP contribution is 2.49. The molecule has 34 heavy (non-hydrogen) atoms. The SMILES string of the molecule is COCCC1(C)C(=O)N(C2CCN([C@H]3c4cccc5cccc(c45)C3O)CC2)c2ccccc21. The molecule has 0 spiro atoms. The molecule has 1 amide bonds. The van der Waals surface area contributed by atoms with Crippen LogP contribution >= 0.6 is 0 Å². The van der Waals surface area contributed by atoms with Gasteiger partial charge in [-0.2, -0.15) is 0 Å². The first-order valence-corrected chi connectivity index (χ1v) is 12.4. The van der Waals surface area contributed by atoms with Gasteiger partial charge in [0.25, 0.3) is 0 Å². The number of methoxy groups -OCH3 is 1. The standard InChI is InChI=1S/C29H32N2O3/c1-29(15-18-34-2)23-11-3-4-12-24(23)31(28(29)33)20-13-16-30(17-14-20)26-21-9-5-7-19-8-6-10-22(25(19)21)27(26)32/h3-12,20,26-27,32H,13-18H2,1-2H3/t26-,27?,29?/m0/s1. The quantitative estimate of drug-likeness (QED) is 0.603. The van der Waals surface area contributed by atoms with Crippen molar-refractivity contribution in [2.24, 2.45) is 0 Å². The van der Waals surface area contributed by atoms with Crippen LogP contribution in [0.4, 0.5) is 5.69 Å². The molecule has 2 unspecified atom stereocenters. The zero-order chi connectivity index (χ0) is 23.4. The Labute approximate surface area is 200 Å². The number of nitrogens with zero attached hydrogens (tertiary/aromatic N) is 2. The Morgan fingerprint density at radius 1 is 1.00 bits per heavy atom. The molecule has 2 aliphatic heterocycles. The van der Waals surface area contributed by atoms with Gasteiger partial charge in [-0.05, 0) is 59.7 Å². The number of amides is 1. The summed E-state index contributed by atoms with van der Waals surface area (Å²) in [6.07, 6.45) is 1.97. The molecule has 5 nitrogen and oxygen atoms in total. The molecule has 1 aliphatic carbocycles. The maximum Gasteiger partial charge on any atom is 0.237 e. The Hall–Kier alpha value is -2.73. The first-order chi connectivity index (χ1) is 16.5. The van der Waals surface area contributed by atoms with Crippen molar-refractivity contribution >= 4 is 22.4 Å². The molecule has 3 atom stereocenters. The number of aliphatic hydroxyl groups excluding tert-OH is 1. The van der Waals surface area contributed by atoms with Crippen molar-refractivity contribution in [3.63, 3.8) is 0 Å². The number of fused-ring (bicyclic) bond motifs is 1. The van der Waals surface area contributed by atoms with Gasteiger partial charge in [-0.1, -0.05) is 54.6 Å². The van der Waals surface area contributed by atoms with E-state index in [1.165, 1.54) is 16.3 Å². The molecular weight excluding hydrogens is 424 g/mol. The lowest BCUT2D eigenvalue weighted by atomic mass is 9.81. The summed E-state index contributed by atoms with van der Waals surface area (Å²) in [5, 5.41) is 13.7. The molecule has 5 heteroatoms. The van der Waals surface area contributed by atoms with Crippen molar-refractivity contribution < 1.29 is 14.6 Å². The molecule has 1 fully saturated rings. The Balaban J connectivity index is 1.24. The second kappa shape index (κ2) is 8.19. The van der Waals surface area contributed by atoms with Gasteiger partial charge in [0.1, 0.15) is 0 Å². The first-order valence-electron chi connectivity index (χ1n) is 12.4. The van der Waals surface area contributed by atoms with Crippen LogP contribution in [0.5, 0.6) is 0 Å². The lowest BCUT2D eigenvalue weighted by Crippen LogP contribution is -2.50. The summed E-state index contributed by atoms with van der Waals surface area (Å²) in [6, 6.07) is 21.0. The fraction of sp³-hybridized carbons (Fsp3) is 0.414. The second-order valence-electron chi connectivity index (χ2n) is 10.2. The number of likely N-dealkylation sites (tertiary alicyclic amines) is 1. The van der Waals surface area contributed by atoms with Gasteiger partial charge >= 0.3 is 0 Å². The molecular formula is C29H32N2O3. The van der Waals surface area contributed by atoms with Gasteiger partial charge in [-0.15, -0.1) is 0 Å². The fourth-order valence-corrected chi connectivity index (χ4v) is 6.60. The summed E-state index contributed by atoms with van der Waals surface area (Å²) in [7, 11) is 1.69. The van der Waals surface area contributed by atoms with Gasteiger partial charge < -0.3 is 14.7 Å². The third kappa shape index (κ3) is 3.07. The van der Waals surface area contributed by atoms with Gasteiger partial charge in [0.05, 0.1) is 17.6 Å². The molecule has 0 saturated carbocycles. The van der Waals surface area contributed by atoms with Crippen molar-refractivity contribution in [3.05, 3.63) is 77.4 Å². The summed E-state index contributed by atoms with van der Waals surface area (Å²) in [5.41, 5.74) is 3.91. The smallest absolute Gasteiger partial charge is 0.237 e. The number of ether oxygens (including phenoxy) is 1. The van der Waals surface area contributed by atoms with Crippen LogP contribution in [0, 0.1) is 0 Å². The molecule has 0 bridgehead atoms. The Kier molecular flexibility index (Phi) is 5.25. The van der Waals surface area contributed by atoms with E-state index in [2.05, 4.69) is 59.2 Å². The van der Waals surface area contributed by atoms with Gasteiger partial charge in [0.2, 0.25) is 5.91 Å². The van der Waals surface area contributed by atoms with Crippen LogP contribution in [0.3, 0.4) is 0 Å². The van der Waals surface area contributed by atoms with E-state index >= 15 is 0 Å². The Morgan fingerprint density at radius 2 is 1.71 bits per heavy atom. The molecule has 1 N–H and O–H groups in total. The van der Waals surface area contributed by atoms with Gasteiger partial charge in [-0.3, -0.25) is 9.69 Å². The lowest BCUT2D eigenvalue weighted by molar-refractivity contribution is -0.124.